The van der Waals surface area contributed by atoms with Gasteiger partial charge in [0.15, 0.2) is 17.5 Å². The van der Waals surface area contributed by atoms with Crippen LogP contribution in [0.3, 0.4) is 0 Å². The molecule has 0 aliphatic heterocycles. The van der Waals surface area contributed by atoms with Crippen LogP contribution in [0.15, 0.2) is 181 Å². The third-order valence-electron chi connectivity index (χ3n) is 8.29. The summed E-state index contributed by atoms with van der Waals surface area (Å²) in [5.74, 6) is 0.576. The minimum atomic E-state index is -3.88. The van der Waals surface area contributed by atoms with Crippen molar-refractivity contribution < 1.29 is 25.3 Å². The van der Waals surface area contributed by atoms with Crippen molar-refractivity contribution in [3.8, 4) is 34.2 Å². The van der Waals surface area contributed by atoms with Crippen LogP contribution in [-0.2, 0) is 29.5 Å². The summed E-state index contributed by atoms with van der Waals surface area (Å²) in [6.07, 6.45) is 0. The zero-order chi connectivity index (χ0) is 37.4. The van der Waals surface area contributed by atoms with Gasteiger partial charge in [0, 0.05) is 28.1 Å². The average Bonchev–Trinajstić information content (AvgIpc) is 3.18. The first-order valence-electron chi connectivity index (χ1n) is 15.9. The molecule has 7 rings (SSSR count). The SMILES string of the molecule is Nc1cccc(S(=O)(=O)c2ccc(-c3nc(-c4ccc(S(=O)(=O)c5ccccc5)cc4)nc(-c4ccc(S(=O)(=O)c5cccc(N)c5)cc4)n3)cc2)c1. The summed E-state index contributed by atoms with van der Waals surface area (Å²) in [6.45, 7) is 0. The summed E-state index contributed by atoms with van der Waals surface area (Å²) in [7, 11) is -11.5. The second-order valence-corrected chi connectivity index (χ2v) is 17.7. The molecule has 0 amide bonds. The molecule has 0 saturated carbocycles. The molecule has 264 valence electrons. The molecule has 0 saturated heterocycles. The molecule has 0 atom stereocenters. The number of hydrogen-bond acceptors (Lipinski definition) is 11. The van der Waals surface area contributed by atoms with E-state index in [0.717, 1.165) is 0 Å². The normalized spacial score (nSPS) is 12.0. The van der Waals surface area contributed by atoms with Crippen molar-refractivity contribution in [2.75, 3.05) is 11.5 Å². The molecule has 1 aromatic heterocycles. The second kappa shape index (κ2) is 13.7. The Morgan fingerprint density at radius 3 is 0.925 bits per heavy atom. The molecule has 7 aromatic rings. The van der Waals surface area contributed by atoms with E-state index in [4.69, 9.17) is 11.5 Å². The second-order valence-electron chi connectivity index (χ2n) is 11.8. The summed E-state index contributed by atoms with van der Waals surface area (Å²) in [5, 5.41) is 0. The molecule has 0 bridgehead atoms. The Balaban J connectivity index is 1.29. The molecular weight excluding hydrogens is 731 g/mol. The van der Waals surface area contributed by atoms with Gasteiger partial charge in [0.05, 0.1) is 29.4 Å². The lowest BCUT2D eigenvalue weighted by Crippen LogP contribution is -2.04. The van der Waals surface area contributed by atoms with Gasteiger partial charge < -0.3 is 11.5 Å². The molecule has 4 N–H and O–H groups in total. The number of nitrogen functional groups attached to an aromatic ring is 2. The Kier molecular flexibility index (Phi) is 9.11. The molecule has 0 fully saturated rings. The molecule has 14 heteroatoms. The lowest BCUT2D eigenvalue weighted by atomic mass is 10.1. The number of aromatic nitrogens is 3. The fourth-order valence-electron chi connectivity index (χ4n) is 5.48. The number of rotatable bonds is 9. The Hall–Kier alpha value is -6.22. The smallest absolute Gasteiger partial charge is 0.206 e. The minimum Gasteiger partial charge on any atom is -0.399 e. The van der Waals surface area contributed by atoms with E-state index in [0.29, 0.717) is 28.1 Å². The van der Waals surface area contributed by atoms with Gasteiger partial charge in [-0.3, -0.25) is 0 Å². The van der Waals surface area contributed by atoms with E-state index >= 15 is 0 Å². The van der Waals surface area contributed by atoms with Gasteiger partial charge in [-0.15, -0.1) is 0 Å². The van der Waals surface area contributed by atoms with Gasteiger partial charge in [-0.2, -0.15) is 0 Å². The lowest BCUT2D eigenvalue weighted by Gasteiger charge is -2.11. The van der Waals surface area contributed by atoms with Crippen LogP contribution in [-0.4, -0.2) is 40.2 Å². The highest BCUT2D eigenvalue weighted by Crippen LogP contribution is 2.30. The summed E-state index contributed by atoms with van der Waals surface area (Å²) >= 11 is 0. The number of sulfone groups is 3. The van der Waals surface area contributed by atoms with Crippen LogP contribution in [0.5, 0.6) is 0 Å². The Morgan fingerprint density at radius 2 is 0.604 bits per heavy atom. The predicted octanol–water partition coefficient (Wildman–Crippen LogP) is 6.54. The number of anilines is 2. The minimum absolute atomic E-state index is 0.0357. The maximum absolute atomic E-state index is 13.3. The van der Waals surface area contributed by atoms with E-state index in [1.807, 2.05) is 0 Å². The zero-order valence-electron chi connectivity index (χ0n) is 27.6. The number of nitrogens with zero attached hydrogens (tertiary/aromatic N) is 3. The van der Waals surface area contributed by atoms with Gasteiger partial charge in [-0.05, 0) is 121 Å². The van der Waals surface area contributed by atoms with E-state index in [1.54, 1.807) is 78.9 Å². The quantitative estimate of drug-likeness (QED) is 0.152. The molecule has 11 nitrogen and oxygen atoms in total. The predicted molar refractivity (Wildman–Crippen MR) is 201 cm³/mol. The van der Waals surface area contributed by atoms with E-state index in [2.05, 4.69) is 15.0 Å². The molecule has 0 aliphatic rings. The highest BCUT2D eigenvalue weighted by molar-refractivity contribution is 7.92. The summed E-state index contributed by atoms with van der Waals surface area (Å²) in [6, 6.07) is 38.2. The first-order valence-corrected chi connectivity index (χ1v) is 20.4. The van der Waals surface area contributed by atoms with Gasteiger partial charge in [0.25, 0.3) is 0 Å². The van der Waals surface area contributed by atoms with E-state index in [-0.39, 0.29) is 46.8 Å². The largest absolute Gasteiger partial charge is 0.399 e. The van der Waals surface area contributed by atoms with Gasteiger partial charge in [-0.25, -0.2) is 40.2 Å². The van der Waals surface area contributed by atoms with Crippen LogP contribution >= 0.6 is 0 Å². The van der Waals surface area contributed by atoms with Crippen LogP contribution < -0.4 is 11.5 Å². The highest BCUT2D eigenvalue weighted by Gasteiger charge is 2.22. The van der Waals surface area contributed by atoms with Gasteiger partial charge in [0.1, 0.15) is 0 Å². The van der Waals surface area contributed by atoms with Crippen molar-refractivity contribution in [1.29, 1.82) is 0 Å². The molecule has 0 aliphatic carbocycles. The van der Waals surface area contributed by atoms with Gasteiger partial charge in [-0.1, -0.05) is 30.3 Å². The van der Waals surface area contributed by atoms with Crippen LogP contribution in [0.4, 0.5) is 11.4 Å². The van der Waals surface area contributed by atoms with Crippen molar-refractivity contribution in [3.05, 3.63) is 152 Å². The highest BCUT2D eigenvalue weighted by atomic mass is 32.2. The maximum atomic E-state index is 13.3. The average molecular weight is 760 g/mol. The van der Waals surface area contributed by atoms with Crippen molar-refractivity contribution in [1.82, 2.24) is 15.0 Å². The fourth-order valence-corrected chi connectivity index (χ4v) is 9.40. The van der Waals surface area contributed by atoms with Crippen LogP contribution in [0.1, 0.15) is 0 Å². The topological polar surface area (TPSA) is 193 Å². The molecule has 0 radical (unpaired) electrons. The summed E-state index contributed by atoms with van der Waals surface area (Å²) in [4.78, 5) is 14.4. The van der Waals surface area contributed by atoms with E-state index in [1.165, 1.54) is 72.8 Å². The third kappa shape index (κ3) is 7.02. The Bertz CT molecular complexity index is 2680. The zero-order valence-corrected chi connectivity index (χ0v) is 30.1. The summed E-state index contributed by atoms with van der Waals surface area (Å²) in [5.41, 5.74) is 13.7. The van der Waals surface area contributed by atoms with Gasteiger partial charge >= 0.3 is 0 Å². The Labute approximate surface area is 306 Å². The van der Waals surface area contributed by atoms with Crippen LogP contribution in [0, 0.1) is 0 Å². The fraction of sp³-hybridized carbons (Fsp3) is 0. The molecule has 1 heterocycles. The molecule has 0 unspecified atom stereocenters. The van der Waals surface area contributed by atoms with Crippen LogP contribution in [0.2, 0.25) is 0 Å². The monoisotopic (exact) mass is 759 g/mol. The number of hydrogen-bond donors (Lipinski definition) is 2. The van der Waals surface area contributed by atoms with Crippen molar-refractivity contribution in [3.63, 3.8) is 0 Å². The molecule has 53 heavy (non-hydrogen) atoms. The van der Waals surface area contributed by atoms with Crippen LogP contribution in [0.25, 0.3) is 34.2 Å². The first kappa shape index (κ1) is 35.2. The van der Waals surface area contributed by atoms with Crippen molar-refractivity contribution in [2.24, 2.45) is 0 Å². The van der Waals surface area contributed by atoms with E-state index < -0.39 is 29.5 Å². The first-order chi connectivity index (χ1) is 25.3. The van der Waals surface area contributed by atoms with Crippen molar-refractivity contribution >= 4 is 40.9 Å². The van der Waals surface area contributed by atoms with Gasteiger partial charge in [0.2, 0.25) is 29.5 Å². The third-order valence-corrected chi connectivity index (χ3v) is 13.6. The standard InChI is InChI=1S/C39H29N5O6S3/c40-29-6-4-10-35(24-29)52(47,48)33-20-14-27(15-21-33)38-42-37(26-12-18-32(19-13-26)51(45,46)31-8-2-1-3-9-31)43-39(44-38)28-16-22-34(23-17-28)53(49,50)36-11-5-7-30(41)25-36/h1-25H,40-41H2. The molecular formula is C39H29N5O6S3. The molecule has 6 aromatic carbocycles. The number of benzene rings is 6. The Morgan fingerprint density at radius 1 is 0.321 bits per heavy atom. The lowest BCUT2D eigenvalue weighted by molar-refractivity contribution is 0.594. The van der Waals surface area contributed by atoms with E-state index in [9.17, 15) is 25.3 Å². The summed E-state index contributed by atoms with van der Waals surface area (Å²) < 4.78 is 79.7. The maximum Gasteiger partial charge on any atom is 0.206 e. The molecule has 0 spiro atoms. The van der Waals surface area contributed by atoms with Crippen molar-refractivity contribution in [2.45, 2.75) is 29.4 Å². The number of nitrogens with two attached hydrogens (primary N) is 2.